The van der Waals surface area contributed by atoms with Crippen molar-refractivity contribution in [2.45, 2.75) is 37.3 Å². The molecule has 1 saturated carbocycles. The SMILES string of the molecule is O[C@@H]1c2ccccc2C[C@H]1Nc1cc(-c2nc(N3CCNCC3)c3c(C4CC4)cncc3n2)ccn1. The van der Waals surface area contributed by atoms with E-state index in [1.165, 1.54) is 24.0 Å². The second-order valence-corrected chi connectivity index (χ2v) is 10.0. The fourth-order valence-electron chi connectivity index (χ4n) is 5.57. The summed E-state index contributed by atoms with van der Waals surface area (Å²) in [7, 11) is 0. The predicted octanol–water partition coefficient (Wildman–Crippen LogP) is 3.44. The molecule has 2 aliphatic carbocycles. The van der Waals surface area contributed by atoms with E-state index in [0.29, 0.717) is 17.6 Å². The van der Waals surface area contributed by atoms with Crippen LogP contribution in [0.15, 0.2) is 55.0 Å². The van der Waals surface area contributed by atoms with Crippen LogP contribution in [-0.2, 0) is 6.42 Å². The Morgan fingerprint density at radius 3 is 2.69 bits per heavy atom. The zero-order chi connectivity index (χ0) is 24.1. The average molecular weight is 480 g/mol. The number of hydrogen-bond acceptors (Lipinski definition) is 8. The Labute approximate surface area is 209 Å². The first-order valence-electron chi connectivity index (χ1n) is 12.8. The zero-order valence-corrected chi connectivity index (χ0v) is 20.1. The van der Waals surface area contributed by atoms with Gasteiger partial charge in [0.05, 0.1) is 23.9 Å². The number of aromatic nitrogens is 4. The van der Waals surface area contributed by atoms with Gasteiger partial charge >= 0.3 is 0 Å². The number of hydrogen-bond donors (Lipinski definition) is 3. The van der Waals surface area contributed by atoms with Gasteiger partial charge in [0, 0.05) is 49.5 Å². The molecule has 0 unspecified atom stereocenters. The minimum absolute atomic E-state index is 0.121. The number of fused-ring (bicyclic) bond motifs is 2. The molecule has 36 heavy (non-hydrogen) atoms. The van der Waals surface area contributed by atoms with Crippen molar-refractivity contribution in [2.75, 3.05) is 36.4 Å². The fraction of sp³-hybridized carbons (Fsp3) is 0.357. The third-order valence-corrected chi connectivity index (χ3v) is 7.60. The van der Waals surface area contributed by atoms with Gasteiger partial charge in [0.2, 0.25) is 0 Å². The maximum atomic E-state index is 10.8. The Morgan fingerprint density at radius 2 is 1.86 bits per heavy atom. The molecular formula is C28H29N7O. The lowest BCUT2D eigenvalue weighted by atomic mass is 10.1. The molecule has 4 aromatic rings. The molecule has 1 aliphatic heterocycles. The van der Waals surface area contributed by atoms with E-state index in [4.69, 9.17) is 9.97 Å². The molecule has 0 amide bonds. The summed E-state index contributed by atoms with van der Waals surface area (Å²) < 4.78 is 0. The Morgan fingerprint density at radius 1 is 1.00 bits per heavy atom. The second kappa shape index (κ2) is 8.80. The van der Waals surface area contributed by atoms with E-state index >= 15 is 0 Å². The van der Waals surface area contributed by atoms with Crippen molar-refractivity contribution in [1.82, 2.24) is 25.3 Å². The minimum Gasteiger partial charge on any atom is -0.386 e. The lowest BCUT2D eigenvalue weighted by molar-refractivity contribution is 0.167. The third kappa shape index (κ3) is 3.86. The van der Waals surface area contributed by atoms with Gasteiger partial charge in [-0.2, -0.15) is 0 Å². The molecule has 8 heteroatoms. The molecule has 7 rings (SSSR count). The smallest absolute Gasteiger partial charge is 0.162 e. The van der Waals surface area contributed by atoms with Gasteiger partial charge in [-0.05, 0) is 54.0 Å². The van der Waals surface area contributed by atoms with Gasteiger partial charge < -0.3 is 20.6 Å². The number of anilines is 2. The quantitative estimate of drug-likeness (QED) is 0.400. The molecule has 0 radical (unpaired) electrons. The number of pyridine rings is 2. The number of piperazine rings is 1. The largest absolute Gasteiger partial charge is 0.386 e. The van der Waals surface area contributed by atoms with E-state index in [9.17, 15) is 5.11 Å². The molecule has 0 bridgehead atoms. The van der Waals surface area contributed by atoms with Crippen LogP contribution in [0.2, 0.25) is 0 Å². The third-order valence-electron chi connectivity index (χ3n) is 7.60. The first kappa shape index (κ1) is 21.6. The monoisotopic (exact) mass is 479 g/mol. The van der Waals surface area contributed by atoms with Crippen LogP contribution in [0.3, 0.4) is 0 Å². The highest BCUT2D eigenvalue weighted by molar-refractivity contribution is 5.94. The molecule has 8 nitrogen and oxygen atoms in total. The highest BCUT2D eigenvalue weighted by Crippen LogP contribution is 2.45. The number of rotatable bonds is 5. The number of benzene rings is 1. The molecule has 3 aliphatic rings. The van der Waals surface area contributed by atoms with E-state index in [1.54, 1.807) is 6.20 Å². The van der Waals surface area contributed by atoms with Crippen molar-refractivity contribution in [2.24, 2.45) is 0 Å². The lowest BCUT2D eigenvalue weighted by Crippen LogP contribution is -2.44. The van der Waals surface area contributed by atoms with Gasteiger partial charge in [0.25, 0.3) is 0 Å². The molecule has 3 N–H and O–H groups in total. The van der Waals surface area contributed by atoms with E-state index in [-0.39, 0.29) is 6.04 Å². The number of nitrogens with zero attached hydrogens (tertiary/aromatic N) is 5. The maximum Gasteiger partial charge on any atom is 0.162 e. The molecule has 0 spiro atoms. The molecule has 4 heterocycles. The van der Waals surface area contributed by atoms with Gasteiger partial charge in [0.1, 0.15) is 11.6 Å². The fourth-order valence-corrected chi connectivity index (χ4v) is 5.57. The summed E-state index contributed by atoms with van der Waals surface area (Å²) in [4.78, 5) is 21.6. The van der Waals surface area contributed by atoms with Crippen LogP contribution in [0.4, 0.5) is 11.6 Å². The summed E-state index contributed by atoms with van der Waals surface area (Å²) >= 11 is 0. The van der Waals surface area contributed by atoms with Crippen LogP contribution in [0, 0.1) is 0 Å². The van der Waals surface area contributed by atoms with Crippen molar-refractivity contribution in [1.29, 1.82) is 0 Å². The van der Waals surface area contributed by atoms with Crippen LogP contribution in [0.5, 0.6) is 0 Å². The van der Waals surface area contributed by atoms with E-state index in [0.717, 1.165) is 60.4 Å². The van der Waals surface area contributed by atoms with Crippen molar-refractivity contribution >= 4 is 22.5 Å². The van der Waals surface area contributed by atoms with Gasteiger partial charge in [-0.15, -0.1) is 0 Å². The van der Waals surface area contributed by atoms with Crippen LogP contribution < -0.4 is 15.5 Å². The van der Waals surface area contributed by atoms with Gasteiger partial charge in [-0.1, -0.05) is 24.3 Å². The molecule has 3 aromatic heterocycles. The second-order valence-electron chi connectivity index (χ2n) is 10.0. The Bertz CT molecular complexity index is 1430. The first-order valence-corrected chi connectivity index (χ1v) is 12.8. The standard InChI is InChI=1S/C28H29N7O/c36-26-20-4-2-1-3-18(20)13-22(26)32-24-14-19(7-8-31-24)27-33-23-16-30-15-21(17-5-6-17)25(23)28(34-27)35-11-9-29-10-12-35/h1-4,7-8,14-17,22,26,29,36H,5-6,9-13H2,(H,31,32)/t22-,26-/m1/s1. The van der Waals surface area contributed by atoms with Crippen LogP contribution >= 0.6 is 0 Å². The average Bonchev–Trinajstić information content (AvgIpc) is 3.73. The minimum atomic E-state index is -0.560. The summed E-state index contributed by atoms with van der Waals surface area (Å²) in [5.74, 6) is 2.96. The Hall–Kier alpha value is -3.62. The summed E-state index contributed by atoms with van der Waals surface area (Å²) in [5, 5.41) is 18.9. The van der Waals surface area contributed by atoms with E-state index in [1.807, 2.05) is 42.7 Å². The van der Waals surface area contributed by atoms with Gasteiger partial charge in [0.15, 0.2) is 5.82 Å². The number of nitrogens with one attached hydrogen (secondary N) is 2. The molecule has 182 valence electrons. The first-order chi connectivity index (χ1) is 17.7. The highest BCUT2D eigenvalue weighted by atomic mass is 16.3. The Kier molecular flexibility index (Phi) is 5.29. The molecular weight excluding hydrogens is 450 g/mol. The zero-order valence-electron chi connectivity index (χ0n) is 20.1. The van der Waals surface area contributed by atoms with E-state index < -0.39 is 6.10 Å². The summed E-state index contributed by atoms with van der Waals surface area (Å²) in [6.07, 6.45) is 8.27. The molecule has 2 fully saturated rings. The molecule has 1 aromatic carbocycles. The summed E-state index contributed by atoms with van der Waals surface area (Å²) in [5.41, 5.74) is 5.23. The number of aliphatic hydroxyl groups excluding tert-OH is 1. The van der Waals surface area contributed by atoms with Crippen molar-refractivity contribution in [3.63, 3.8) is 0 Å². The molecule has 1 saturated heterocycles. The van der Waals surface area contributed by atoms with Crippen molar-refractivity contribution in [3.05, 3.63) is 71.7 Å². The van der Waals surface area contributed by atoms with Gasteiger partial charge in [-0.3, -0.25) is 4.98 Å². The summed E-state index contributed by atoms with van der Waals surface area (Å²) in [6, 6.07) is 11.9. The summed E-state index contributed by atoms with van der Waals surface area (Å²) in [6.45, 7) is 3.72. The van der Waals surface area contributed by atoms with Gasteiger partial charge in [-0.25, -0.2) is 15.0 Å². The Balaban J connectivity index is 1.25. The highest BCUT2D eigenvalue weighted by Gasteiger charge is 2.31. The van der Waals surface area contributed by atoms with Crippen molar-refractivity contribution in [3.8, 4) is 11.4 Å². The van der Waals surface area contributed by atoms with Crippen LogP contribution in [-0.4, -0.2) is 57.3 Å². The maximum absolute atomic E-state index is 10.8. The van der Waals surface area contributed by atoms with Crippen LogP contribution in [0.25, 0.3) is 22.3 Å². The predicted molar refractivity (Wildman–Crippen MR) is 140 cm³/mol. The molecule has 2 atom stereocenters. The van der Waals surface area contributed by atoms with E-state index in [2.05, 4.69) is 31.6 Å². The number of aliphatic hydroxyl groups is 1. The normalized spacial score (nSPS) is 21.5. The topological polar surface area (TPSA) is 99.1 Å². The van der Waals surface area contributed by atoms with Crippen molar-refractivity contribution < 1.29 is 5.11 Å². The lowest BCUT2D eigenvalue weighted by Gasteiger charge is -2.30. The van der Waals surface area contributed by atoms with Crippen LogP contribution in [0.1, 0.15) is 41.6 Å².